The molecule has 5 nitrogen and oxygen atoms in total. The van der Waals surface area contributed by atoms with E-state index < -0.39 is 11.6 Å². The maximum absolute atomic E-state index is 13.2. The van der Waals surface area contributed by atoms with E-state index >= 15 is 0 Å². The molecule has 3 atom stereocenters. The average Bonchev–Trinajstić information content (AvgIpc) is 2.82. The molecule has 0 amide bonds. The molecule has 1 heterocycles. The van der Waals surface area contributed by atoms with Gasteiger partial charge in [-0.1, -0.05) is 0 Å². The fourth-order valence-electron chi connectivity index (χ4n) is 2.88. The van der Waals surface area contributed by atoms with E-state index in [9.17, 15) is 9.30 Å². The Labute approximate surface area is 116 Å². The molecular formula is C14H17FNO4+. The maximum Gasteiger partial charge on any atom is 0.295 e. The molecule has 1 aromatic carbocycles. The summed E-state index contributed by atoms with van der Waals surface area (Å²) in [6.45, 7) is 3.76. The molecule has 1 N–H and O–H groups in total. The van der Waals surface area contributed by atoms with Gasteiger partial charge in [0.2, 0.25) is 0 Å². The third-order valence-corrected chi connectivity index (χ3v) is 3.62. The lowest BCUT2D eigenvalue weighted by Crippen LogP contribution is -2.56. The standard InChI is InChI=1S/C14H16FNO4/c1-14(2)19-12-6-9(7-13(12)20-14)18-11-5-8(15)3-4-10(11)16-17/h3-5,9,12-13H,6-7H2,1-2H3/p+1/t9?,12-,13+. The highest BCUT2D eigenvalue weighted by molar-refractivity contribution is 5.45. The molecular weight excluding hydrogens is 265 g/mol. The lowest BCUT2D eigenvalue weighted by molar-refractivity contribution is -0.380. The van der Waals surface area contributed by atoms with Crippen LogP contribution in [0.5, 0.6) is 5.75 Å². The van der Waals surface area contributed by atoms with Gasteiger partial charge < -0.3 is 14.2 Å². The van der Waals surface area contributed by atoms with Gasteiger partial charge in [0, 0.05) is 35.1 Å². The number of benzene rings is 1. The Hall–Kier alpha value is -1.53. The Balaban J connectivity index is 1.69. The SMILES string of the molecule is CC1(C)O[C@H]2CC(Oc3cc(F)ccc3[NH+]=O)C[C@H]2O1. The quantitative estimate of drug-likeness (QED) is 0.909. The summed E-state index contributed by atoms with van der Waals surface area (Å²) in [6.07, 6.45) is 1.18. The lowest BCUT2D eigenvalue weighted by Gasteiger charge is -2.21. The molecule has 0 spiro atoms. The van der Waals surface area contributed by atoms with Crippen molar-refractivity contribution in [1.82, 2.24) is 0 Å². The van der Waals surface area contributed by atoms with Crippen LogP contribution in [0.15, 0.2) is 18.2 Å². The topological polar surface area (TPSA) is 58.7 Å². The van der Waals surface area contributed by atoms with Gasteiger partial charge in [-0.2, -0.15) is 0 Å². The van der Waals surface area contributed by atoms with Crippen molar-refractivity contribution >= 4 is 5.69 Å². The van der Waals surface area contributed by atoms with E-state index in [1.807, 2.05) is 13.8 Å². The second-order valence-corrected chi connectivity index (χ2v) is 5.67. The molecule has 108 valence electrons. The first-order chi connectivity index (χ1) is 9.47. The van der Waals surface area contributed by atoms with Crippen molar-refractivity contribution in [2.24, 2.45) is 0 Å². The summed E-state index contributed by atoms with van der Waals surface area (Å²) in [7, 11) is 0. The summed E-state index contributed by atoms with van der Waals surface area (Å²) in [4.78, 5) is 10.8. The lowest BCUT2D eigenvalue weighted by atomic mass is 10.2. The van der Waals surface area contributed by atoms with Gasteiger partial charge in [-0.25, -0.2) is 4.39 Å². The fraction of sp³-hybridized carbons (Fsp3) is 0.571. The number of nitroso groups, excluding NO2 is 1. The summed E-state index contributed by atoms with van der Waals surface area (Å²) in [5.41, 5.74) is 0.227. The highest BCUT2D eigenvalue weighted by atomic mass is 19.1. The van der Waals surface area contributed by atoms with Crippen LogP contribution in [-0.2, 0) is 9.47 Å². The molecule has 2 fully saturated rings. The van der Waals surface area contributed by atoms with Gasteiger partial charge in [-0.3, -0.25) is 0 Å². The first kappa shape index (κ1) is 13.5. The Bertz CT molecular complexity index is 518. The minimum absolute atomic E-state index is 0.00720. The summed E-state index contributed by atoms with van der Waals surface area (Å²) < 4.78 is 30.5. The first-order valence-corrected chi connectivity index (χ1v) is 6.67. The zero-order valence-electron chi connectivity index (χ0n) is 11.4. The third kappa shape index (κ3) is 2.53. The summed E-state index contributed by atoms with van der Waals surface area (Å²) in [5, 5.41) is 1.76. The van der Waals surface area contributed by atoms with Gasteiger partial charge in [-0.15, -0.1) is 0 Å². The summed E-state index contributed by atoms with van der Waals surface area (Å²) in [6, 6.07) is 3.79. The highest BCUT2D eigenvalue weighted by Gasteiger charge is 2.48. The molecule has 0 radical (unpaired) electrons. The van der Waals surface area contributed by atoms with Crippen LogP contribution >= 0.6 is 0 Å². The van der Waals surface area contributed by atoms with E-state index in [4.69, 9.17) is 14.2 Å². The average molecular weight is 282 g/mol. The summed E-state index contributed by atoms with van der Waals surface area (Å²) in [5.74, 6) is -0.768. The largest absolute Gasteiger partial charge is 0.483 e. The van der Waals surface area contributed by atoms with Crippen LogP contribution < -0.4 is 9.91 Å². The number of ether oxygens (including phenoxy) is 3. The zero-order chi connectivity index (χ0) is 14.3. The van der Waals surface area contributed by atoms with Crippen LogP contribution in [-0.4, -0.2) is 24.1 Å². The molecule has 2 aliphatic rings. The fourth-order valence-corrected chi connectivity index (χ4v) is 2.88. The van der Waals surface area contributed by atoms with E-state index in [1.54, 1.807) is 5.18 Å². The van der Waals surface area contributed by atoms with Crippen molar-refractivity contribution in [1.29, 1.82) is 0 Å². The molecule has 1 aromatic rings. The smallest absolute Gasteiger partial charge is 0.295 e. The van der Waals surface area contributed by atoms with Crippen molar-refractivity contribution in [2.45, 2.75) is 50.8 Å². The van der Waals surface area contributed by atoms with E-state index in [2.05, 4.69) is 0 Å². The van der Waals surface area contributed by atoms with Crippen molar-refractivity contribution in [3.8, 4) is 5.75 Å². The molecule has 1 aliphatic carbocycles. The number of fused-ring (bicyclic) bond motifs is 1. The molecule has 0 bridgehead atoms. The molecule has 3 rings (SSSR count). The number of nitrogens with one attached hydrogen (secondary N) is 1. The maximum atomic E-state index is 13.2. The van der Waals surface area contributed by atoms with Crippen LogP contribution in [0.25, 0.3) is 0 Å². The number of hydrogen-bond donors (Lipinski definition) is 1. The molecule has 1 unspecified atom stereocenters. The van der Waals surface area contributed by atoms with E-state index in [0.29, 0.717) is 12.8 Å². The minimum Gasteiger partial charge on any atom is -0.483 e. The second-order valence-electron chi connectivity index (χ2n) is 5.67. The van der Waals surface area contributed by atoms with Crippen LogP contribution in [0.2, 0.25) is 0 Å². The van der Waals surface area contributed by atoms with Crippen LogP contribution in [0.1, 0.15) is 26.7 Å². The first-order valence-electron chi connectivity index (χ1n) is 6.67. The van der Waals surface area contributed by atoms with Crippen molar-refractivity contribution in [3.05, 3.63) is 28.9 Å². The predicted octanol–water partition coefficient (Wildman–Crippen LogP) is 1.37. The number of halogens is 1. The van der Waals surface area contributed by atoms with Crippen molar-refractivity contribution < 1.29 is 23.8 Å². The van der Waals surface area contributed by atoms with Gasteiger partial charge in [0.15, 0.2) is 11.5 Å². The monoisotopic (exact) mass is 282 g/mol. The summed E-state index contributed by atoms with van der Waals surface area (Å²) >= 11 is 0. The molecule has 20 heavy (non-hydrogen) atoms. The van der Waals surface area contributed by atoms with E-state index in [0.717, 1.165) is 0 Å². The van der Waals surface area contributed by atoms with Gasteiger partial charge in [0.1, 0.15) is 11.9 Å². The molecule has 1 aliphatic heterocycles. The highest BCUT2D eigenvalue weighted by Crippen LogP contribution is 2.39. The Kier molecular flexibility index (Phi) is 3.22. The Morgan fingerprint density at radius 2 is 1.95 bits per heavy atom. The molecule has 6 heteroatoms. The van der Waals surface area contributed by atoms with Crippen LogP contribution in [0.3, 0.4) is 0 Å². The molecule has 1 saturated heterocycles. The van der Waals surface area contributed by atoms with Crippen molar-refractivity contribution in [3.63, 3.8) is 0 Å². The van der Waals surface area contributed by atoms with Gasteiger partial charge in [-0.05, 0) is 19.9 Å². The third-order valence-electron chi connectivity index (χ3n) is 3.62. The van der Waals surface area contributed by atoms with Crippen LogP contribution in [0, 0.1) is 10.7 Å². The van der Waals surface area contributed by atoms with Gasteiger partial charge >= 0.3 is 0 Å². The van der Waals surface area contributed by atoms with Crippen molar-refractivity contribution in [2.75, 3.05) is 0 Å². The van der Waals surface area contributed by atoms with Crippen LogP contribution in [0.4, 0.5) is 10.1 Å². The predicted molar refractivity (Wildman–Crippen MR) is 67.9 cm³/mol. The van der Waals surface area contributed by atoms with Gasteiger partial charge in [0.25, 0.3) is 5.69 Å². The minimum atomic E-state index is -0.555. The normalized spacial score (nSPS) is 31.1. The Morgan fingerprint density at radius 3 is 2.55 bits per heavy atom. The van der Waals surface area contributed by atoms with Gasteiger partial charge in [0.05, 0.1) is 12.2 Å². The van der Waals surface area contributed by atoms with E-state index in [-0.39, 0.29) is 29.7 Å². The Morgan fingerprint density at radius 1 is 1.30 bits per heavy atom. The zero-order valence-corrected chi connectivity index (χ0v) is 11.4. The molecule has 1 saturated carbocycles. The number of rotatable bonds is 3. The second kappa shape index (κ2) is 4.79. The number of hydrogen-bond acceptors (Lipinski definition) is 4. The molecule has 0 aromatic heterocycles. The van der Waals surface area contributed by atoms with E-state index in [1.165, 1.54) is 18.2 Å².